The molecule has 1 atom stereocenters. The van der Waals surface area contributed by atoms with Gasteiger partial charge in [-0.1, -0.05) is 0 Å². The molecule has 1 aromatic rings. The van der Waals surface area contributed by atoms with Gasteiger partial charge in [0.1, 0.15) is 16.4 Å². The van der Waals surface area contributed by atoms with Crippen LogP contribution in [0.2, 0.25) is 0 Å². The fraction of sp³-hybridized carbons (Fsp3) is 0.500. The van der Waals surface area contributed by atoms with Gasteiger partial charge >= 0.3 is 0 Å². The van der Waals surface area contributed by atoms with Gasteiger partial charge in [0.2, 0.25) is 0 Å². The van der Waals surface area contributed by atoms with Crippen molar-refractivity contribution in [2.24, 2.45) is 5.73 Å². The molecule has 0 aromatic heterocycles. The molecule has 0 fully saturated rings. The molecule has 0 saturated heterocycles. The molecule has 0 aliphatic rings. The van der Waals surface area contributed by atoms with Crippen LogP contribution in [0.3, 0.4) is 0 Å². The molecule has 102 valence electrons. The lowest BCUT2D eigenvalue weighted by Crippen LogP contribution is -2.20. The van der Waals surface area contributed by atoms with Crippen molar-refractivity contribution in [3.8, 4) is 11.5 Å². The lowest BCUT2D eigenvalue weighted by Gasteiger charge is -2.17. The predicted octanol–water partition coefficient (Wildman–Crippen LogP) is 0.997. The van der Waals surface area contributed by atoms with Crippen LogP contribution < -0.4 is 15.2 Å². The van der Waals surface area contributed by atoms with Gasteiger partial charge in [0.15, 0.2) is 9.84 Å². The van der Waals surface area contributed by atoms with E-state index in [9.17, 15) is 8.42 Å². The fourth-order valence-corrected chi connectivity index (χ4v) is 3.01. The summed E-state index contributed by atoms with van der Waals surface area (Å²) >= 11 is 0. The van der Waals surface area contributed by atoms with Crippen molar-refractivity contribution >= 4 is 9.84 Å². The Hall–Kier alpha value is -1.27. The highest BCUT2D eigenvalue weighted by Gasteiger charge is 2.23. The van der Waals surface area contributed by atoms with Crippen LogP contribution in [0.1, 0.15) is 12.5 Å². The highest BCUT2D eigenvalue weighted by molar-refractivity contribution is 7.90. The maximum atomic E-state index is 11.9. The third-order valence-electron chi connectivity index (χ3n) is 2.52. The summed E-state index contributed by atoms with van der Waals surface area (Å²) < 4.78 is 34.1. The summed E-state index contributed by atoms with van der Waals surface area (Å²) in [6.07, 6.45) is 1.55. The van der Waals surface area contributed by atoms with Crippen LogP contribution in [0, 0.1) is 0 Å². The number of sulfone groups is 1. The first-order chi connectivity index (χ1) is 8.31. The molecule has 0 heterocycles. The summed E-state index contributed by atoms with van der Waals surface area (Å²) in [5.74, 6) is 0.822. The number of nitrogens with two attached hydrogens (primary N) is 1. The van der Waals surface area contributed by atoms with Crippen LogP contribution in [-0.4, -0.2) is 34.9 Å². The third-order valence-corrected chi connectivity index (χ3v) is 3.71. The number of ether oxygens (including phenoxy) is 2. The van der Waals surface area contributed by atoms with Crippen molar-refractivity contribution in [3.05, 3.63) is 17.7 Å². The van der Waals surface area contributed by atoms with Gasteiger partial charge in [-0.25, -0.2) is 8.42 Å². The zero-order valence-corrected chi connectivity index (χ0v) is 11.9. The molecule has 0 spiro atoms. The van der Waals surface area contributed by atoms with Gasteiger partial charge in [0.05, 0.1) is 14.2 Å². The normalized spacial score (nSPS) is 13.2. The van der Waals surface area contributed by atoms with Gasteiger partial charge < -0.3 is 15.2 Å². The van der Waals surface area contributed by atoms with Crippen molar-refractivity contribution in [1.29, 1.82) is 0 Å². The molecule has 1 unspecified atom stereocenters. The summed E-state index contributed by atoms with van der Waals surface area (Å²) in [6.45, 7) is 1.81. The number of methoxy groups -OCH3 is 2. The topological polar surface area (TPSA) is 78.6 Å². The molecule has 1 rings (SSSR count). The molecule has 0 amide bonds. The molecule has 0 radical (unpaired) electrons. The first-order valence-electron chi connectivity index (χ1n) is 5.50. The van der Waals surface area contributed by atoms with E-state index in [1.807, 2.05) is 6.92 Å². The third kappa shape index (κ3) is 3.14. The van der Waals surface area contributed by atoms with Gasteiger partial charge in [-0.15, -0.1) is 0 Å². The summed E-state index contributed by atoms with van der Waals surface area (Å²) in [7, 11) is -0.480. The quantitative estimate of drug-likeness (QED) is 0.865. The molecular weight excluding hydrogens is 254 g/mol. The van der Waals surface area contributed by atoms with Crippen LogP contribution in [0.4, 0.5) is 0 Å². The van der Waals surface area contributed by atoms with Crippen LogP contribution in [0.5, 0.6) is 11.5 Å². The van der Waals surface area contributed by atoms with Crippen LogP contribution in [-0.2, 0) is 16.3 Å². The molecule has 6 heteroatoms. The SMILES string of the molecule is COc1ccc(OC)c(S(C)(=O)=O)c1CC(C)N. The summed E-state index contributed by atoms with van der Waals surface area (Å²) in [6, 6.07) is 3.09. The van der Waals surface area contributed by atoms with Gasteiger partial charge in [0.25, 0.3) is 0 Å². The average Bonchev–Trinajstić information content (AvgIpc) is 2.25. The minimum absolute atomic E-state index is 0.154. The summed E-state index contributed by atoms with van der Waals surface area (Å²) in [5, 5.41) is 0. The number of hydrogen-bond donors (Lipinski definition) is 1. The molecule has 0 aliphatic heterocycles. The van der Waals surface area contributed by atoms with E-state index in [4.69, 9.17) is 15.2 Å². The van der Waals surface area contributed by atoms with E-state index in [0.29, 0.717) is 23.5 Å². The van der Waals surface area contributed by atoms with E-state index in [-0.39, 0.29) is 10.9 Å². The zero-order chi connectivity index (χ0) is 13.9. The predicted molar refractivity (Wildman–Crippen MR) is 70.0 cm³/mol. The van der Waals surface area contributed by atoms with E-state index < -0.39 is 9.84 Å². The Kier molecular flexibility index (Phi) is 4.59. The molecular formula is C12H19NO4S. The second-order valence-electron chi connectivity index (χ2n) is 4.23. The van der Waals surface area contributed by atoms with Gasteiger partial charge in [0, 0.05) is 17.9 Å². The molecule has 1 aromatic carbocycles. The van der Waals surface area contributed by atoms with Gasteiger partial charge in [-0.2, -0.15) is 0 Å². The van der Waals surface area contributed by atoms with Crippen LogP contribution in [0.25, 0.3) is 0 Å². The Morgan fingerprint density at radius 3 is 2.11 bits per heavy atom. The molecule has 0 bridgehead atoms. The number of hydrogen-bond acceptors (Lipinski definition) is 5. The summed E-state index contributed by atoms with van der Waals surface area (Å²) in [4.78, 5) is 0.154. The first kappa shape index (κ1) is 14.8. The molecule has 2 N–H and O–H groups in total. The zero-order valence-electron chi connectivity index (χ0n) is 11.1. The Balaban J connectivity index is 3.59. The Morgan fingerprint density at radius 1 is 1.22 bits per heavy atom. The molecule has 0 saturated carbocycles. The van der Waals surface area contributed by atoms with Crippen LogP contribution in [0.15, 0.2) is 17.0 Å². The van der Waals surface area contributed by atoms with Crippen LogP contribution >= 0.6 is 0 Å². The number of rotatable bonds is 5. The largest absolute Gasteiger partial charge is 0.496 e. The fourth-order valence-electron chi connectivity index (χ4n) is 1.86. The van der Waals surface area contributed by atoms with E-state index in [1.54, 1.807) is 12.1 Å². The van der Waals surface area contributed by atoms with Crippen molar-refractivity contribution in [2.45, 2.75) is 24.3 Å². The van der Waals surface area contributed by atoms with Crippen molar-refractivity contribution < 1.29 is 17.9 Å². The number of benzene rings is 1. The minimum Gasteiger partial charge on any atom is -0.496 e. The Labute approximate surface area is 108 Å². The van der Waals surface area contributed by atoms with Crippen molar-refractivity contribution in [1.82, 2.24) is 0 Å². The van der Waals surface area contributed by atoms with Gasteiger partial charge in [-0.05, 0) is 25.5 Å². The second kappa shape index (κ2) is 5.58. The average molecular weight is 273 g/mol. The highest BCUT2D eigenvalue weighted by Crippen LogP contribution is 2.34. The molecule has 0 aliphatic carbocycles. The van der Waals surface area contributed by atoms with E-state index in [1.165, 1.54) is 14.2 Å². The standard InChI is InChI=1S/C12H19NO4S/c1-8(13)7-9-10(16-2)5-6-11(17-3)12(9)18(4,14)15/h5-6,8H,7,13H2,1-4H3. The van der Waals surface area contributed by atoms with E-state index in [2.05, 4.69) is 0 Å². The second-order valence-corrected chi connectivity index (χ2v) is 6.18. The first-order valence-corrected chi connectivity index (χ1v) is 7.40. The monoisotopic (exact) mass is 273 g/mol. The highest BCUT2D eigenvalue weighted by atomic mass is 32.2. The van der Waals surface area contributed by atoms with Crippen molar-refractivity contribution in [3.63, 3.8) is 0 Å². The van der Waals surface area contributed by atoms with Crippen molar-refractivity contribution in [2.75, 3.05) is 20.5 Å². The maximum absolute atomic E-state index is 11.9. The maximum Gasteiger partial charge on any atom is 0.179 e. The smallest absolute Gasteiger partial charge is 0.179 e. The Morgan fingerprint density at radius 2 is 1.72 bits per heavy atom. The molecule has 5 nitrogen and oxygen atoms in total. The van der Waals surface area contributed by atoms with Gasteiger partial charge in [-0.3, -0.25) is 0 Å². The lowest BCUT2D eigenvalue weighted by atomic mass is 10.1. The summed E-state index contributed by atoms with van der Waals surface area (Å²) in [5.41, 5.74) is 6.32. The Bertz CT molecular complexity index is 523. The van der Waals surface area contributed by atoms with E-state index in [0.717, 1.165) is 6.26 Å². The lowest BCUT2D eigenvalue weighted by molar-refractivity contribution is 0.386. The minimum atomic E-state index is -3.41. The van der Waals surface area contributed by atoms with E-state index >= 15 is 0 Å². The molecule has 18 heavy (non-hydrogen) atoms.